The quantitative estimate of drug-likeness (QED) is 0.287. The molecule has 1 aromatic heterocycles. The Balaban J connectivity index is 1.89. The number of ether oxygens (including phenoxy) is 2. The second-order valence-electron chi connectivity index (χ2n) is 11.0. The van der Waals surface area contributed by atoms with Crippen LogP contribution in [0.1, 0.15) is 75.3 Å². The van der Waals surface area contributed by atoms with Gasteiger partial charge in [0.25, 0.3) is 6.47 Å². The number of aryl methyl sites for hydroxylation is 2. The summed E-state index contributed by atoms with van der Waals surface area (Å²) in [6.07, 6.45) is 3.15. The number of benzene rings is 2. The minimum atomic E-state index is -0.534. The summed E-state index contributed by atoms with van der Waals surface area (Å²) < 4.78 is 10.8. The predicted octanol–water partition coefficient (Wildman–Crippen LogP) is 6.93. The van der Waals surface area contributed by atoms with Gasteiger partial charge >= 0.3 is 0 Å². The van der Waals surface area contributed by atoms with Crippen LogP contribution in [-0.4, -0.2) is 29.3 Å². The summed E-state index contributed by atoms with van der Waals surface area (Å²) in [6.45, 7) is 15.7. The van der Waals surface area contributed by atoms with Gasteiger partial charge in [-0.2, -0.15) is 0 Å². The molecule has 0 aliphatic carbocycles. The van der Waals surface area contributed by atoms with E-state index < -0.39 is 6.10 Å². The normalized spacial score (nSPS) is 12.8. The van der Waals surface area contributed by atoms with Crippen LogP contribution in [-0.2, 0) is 21.6 Å². The van der Waals surface area contributed by atoms with Gasteiger partial charge in [0.2, 0.25) is 0 Å². The van der Waals surface area contributed by atoms with E-state index in [0.717, 1.165) is 41.0 Å². The van der Waals surface area contributed by atoms with Crippen molar-refractivity contribution >= 4 is 6.47 Å². The fourth-order valence-electron chi connectivity index (χ4n) is 4.81. The number of carbonyl (C=O) groups is 1. The average molecular weight is 504 g/mol. The highest BCUT2D eigenvalue weighted by Crippen LogP contribution is 2.41. The lowest BCUT2D eigenvalue weighted by molar-refractivity contribution is -0.129. The van der Waals surface area contributed by atoms with Gasteiger partial charge in [0.1, 0.15) is 19.0 Å². The van der Waals surface area contributed by atoms with Gasteiger partial charge in [0.05, 0.1) is 11.8 Å². The van der Waals surface area contributed by atoms with Crippen molar-refractivity contribution in [2.75, 3.05) is 6.61 Å². The van der Waals surface area contributed by atoms with E-state index in [2.05, 4.69) is 63.0 Å². The van der Waals surface area contributed by atoms with Crippen molar-refractivity contribution in [3.05, 3.63) is 82.5 Å². The minimum Gasteiger partial charge on any atom is -0.491 e. The molecule has 1 unspecified atom stereocenters. The first-order valence-electron chi connectivity index (χ1n) is 13.1. The van der Waals surface area contributed by atoms with Gasteiger partial charge in [-0.25, -0.2) is 0 Å². The van der Waals surface area contributed by atoms with Gasteiger partial charge < -0.3 is 14.6 Å². The number of aromatic nitrogens is 1. The zero-order valence-corrected chi connectivity index (χ0v) is 23.3. The smallest absolute Gasteiger partial charge is 0.293 e. The molecule has 0 saturated carbocycles. The summed E-state index contributed by atoms with van der Waals surface area (Å²) >= 11 is 0. The Morgan fingerprint density at radius 3 is 2.11 bits per heavy atom. The topological polar surface area (TPSA) is 68.7 Å². The molecule has 0 radical (unpaired) electrons. The molecule has 2 aromatic carbocycles. The summed E-state index contributed by atoms with van der Waals surface area (Å²) in [5.41, 5.74) is 7.28. The van der Waals surface area contributed by atoms with E-state index >= 15 is 0 Å². The van der Waals surface area contributed by atoms with Crippen LogP contribution in [0.5, 0.6) is 5.75 Å². The molecule has 3 aromatic rings. The molecule has 37 heavy (non-hydrogen) atoms. The van der Waals surface area contributed by atoms with E-state index in [9.17, 15) is 9.90 Å². The number of carbonyl (C=O) groups excluding carboxylic acids is 1. The van der Waals surface area contributed by atoms with Gasteiger partial charge in [0, 0.05) is 22.7 Å². The zero-order chi connectivity index (χ0) is 27.2. The lowest BCUT2D eigenvalue weighted by Gasteiger charge is -2.34. The lowest BCUT2D eigenvalue weighted by atomic mass is 9.69. The number of pyridine rings is 1. The molecule has 198 valence electrons. The third-order valence-corrected chi connectivity index (χ3v) is 7.53. The first-order chi connectivity index (χ1) is 17.6. The Bertz CT molecular complexity index is 1190. The van der Waals surface area contributed by atoms with E-state index in [4.69, 9.17) is 9.47 Å². The van der Waals surface area contributed by atoms with Crippen LogP contribution in [0, 0.1) is 19.3 Å². The molecule has 0 amide bonds. The molecule has 5 heteroatoms. The maximum Gasteiger partial charge on any atom is 0.293 e. The molecule has 5 nitrogen and oxygen atoms in total. The summed E-state index contributed by atoms with van der Waals surface area (Å²) in [7, 11) is 0. The number of hydrogen-bond acceptors (Lipinski definition) is 5. The molecule has 0 bridgehead atoms. The van der Waals surface area contributed by atoms with E-state index in [1.807, 2.05) is 39.0 Å². The van der Waals surface area contributed by atoms with E-state index in [-0.39, 0.29) is 24.0 Å². The second kappa shape index (κ2) is 11.9. The highest BCUT2D eigenvalue weighted by atomic mass is 16.5. The average Bonchev–Trinajstić information content (AvgIpc) is 2.88. The van der Waals surface area contributed by atoms with Crippen LogP contribution < -0.4 is 4.74 Å². The Hall–Kier alpha value is -3.18. The molecule has 1 N–H and O–H groups in total. The van der Waals surface area contributed by atoms with E-state index in [0.29, 0.717) is 6.47 Å². The Morgan fingerprint density at radius 1 is 0.946 bits per heavy atom. The lowest BCUT2D eigenvalue weighted by Crippen LogP contribution is -2.32. The number of hydrogen-bond donors (Lipinski definition) is 1. The maximum atomic E-state index is 10.4. The summed E-state index contributed by atoms with van der Waals surface area (Å²) in [6, 6.07) is 17.0. The third-order valence-electron chi connectivity index (χ3n) is 7.53. The third kappa shape index (κ3) is 6.40. The van der Waals surface area contributed by atoms with Crippen molar-refractivity contribution < 1.29 is 19.4 Å². The minimum absolute atomic E-state index is 0.124. The van der Waals surface area contributed by atoms with Crippen LogP contribution in [0.15, 0.2) is 54.7 Å². The van der Waals surface area contributed by atoms with Crippen LogP contribution in [0.3, 0.4) is 0 Å². The predicted molar refractivity (Wildman–Crippen MR) is 149 cm³/mol. The Kier molecular flexibility index (Phi) is 9.14. The van der Waals surface area contributed by atoms with Crippen molar-refractivity contribution in [2.45, 2.75) is 79.4 Å². The fourth-order valence-corrected chi connectivity index (χ4v) is 4.81. The number of aliphatic hydroxyl groups is 1. The summed E-state index contributed by atoms with van der Waals surface area (Å²) in [4.78, 5) is 15.0. The van der Waals surface area contributed by atoms with Crippen molar-refractivity contribution in [3.63, 3.8) is 0 Å². The summed E-state index contributed by atoms with van der Waals surface area (Å²) in [5, 5.41) is 10.4. The van der Waals surface area contributed by atoms with Crippen molar-refractivity contribution in [3.8, 4) is 17.0 Å². The van der Waals surface area contributed by atoms with Gasteiger partial charge in [-0.3, -0.25) is 9.78 Å². The number of aliphatic hydroxyl groups excluding tert-OH is 1. The SMILES string of the molecule is CCC(CC)(c1ccc(OCC(O)C(C)(C)C)c(C)c1)c1ccc(-c2ccc(COC=O)cn2)c(C)c1. The largest absolute Gasteiger partial charge is 0.491 e. The Labute approximate surface area is 221 Å². The van der Waals surface area contributed by atoms with Gasteiger partial charge in [-0.1, -0.05) is 71.0 Å². The van der Waals surface area contributed by atoms with Crippen LogP contribution in [0.2, 0.25) is 0 Å². The summed E-state index contributed by atoms with van der Waals surface area (Å²) in [5.74, 6) is 0.813. The van der Waals surface area contributed by atoms with Gasteiger partial charge in [0.15, 0.2) is 0 Å². The molecule has 1 atom stereocenters. The highest BCUT2D eigenvalue weighted by Gasteiger charge is 2.32. The molecule has 0 spiro atoms. The highest BCUT2D eigenvalue weighted by molar-refractivity contribution is 5.65. The molecule has 3 rings (SSSR count). The standard InChI is InChI=1S/C32H41NO4/c1-8-32(9-2,26-12-15-29(23(4)17-26)37-20-30(35)31(5,6)7)25-11-13-27(22(3)16-25)28-14-10-24(18-33-28)19-36-21-34/h10-18,21,30,35H,8-9,19-20H2,1-7H3. The molecular formula is C32H41NO4. The number of rotatable bonds is 11. The van der Waals surface area contributed by atoms with Crippen LogP contribution >= 0.6 is 0 Å². The molecule has 0 aliphatic heterocycles. The zero-order valence-electron chi connectivity index (χ0n) is 23.3. The van der Waals surface area contributed by atoms with E-state index in [1.165, 1.54) is 16.7 Å². The molecule has 1 heterocycles. The van der Waals surface area contributed by atoms with Crippen molar-refractivity contribution in [1.82, 2.24) is 4.98 Å². The molecule has 0 aliphatic rings. The molecule has 0 saturated heterocycles. The maximum absolute atomic E-state index is 10.4. The first-order valence-corrected chi connectivity index (χ1v) is 13.1. The molecular weight excluding hydrogens is 462 g/mol. The van der Waals surface area contributed by atoms with Crippen molar-refractivity contribution in [1.29, 1.82) is 0 Å². The second-order valence-corrected chi connectivity index (χ2v) is 11.0. The van der Waals surface area contributed by atoms with Gasteiger partial charge in [-0.05, 0) is 66.5 Å². The molecule has 0 fully saturated rings. The van der Waals surface area contributed by atoms with Crippen LogP contribution in [0.4, 0.5) is 0 Å². The Morgan fingerprint density at radius 2 is 1.59 bits per heavy atom. The van der Waals surface area contributed by atoms with Crippen LogP contribution in [0.25, 0.3) is 11.3 Å². The van der Waals surface area contributed by atoms with E-state index in [1.54, 1.807) is 6.20 Å². The first kappa shape index (κ1) is 28.4. The monoisotopic (exact) mass is 503 g/mol. The van der Waals surface area contributed by atoms with Crippen molar-refractivity contribution in [2.24, 2.45) is 5.41 Å². The fraction of sp³-hybridized carbons (Fsp3) is 0.438. The number of nitrogens with zero attached hydrogens (tertiary/aromatic N) is 1. The van der Waals surface area contributed by atoms with Gasteiger partial charge in [-0.15, -0.1) is 0 Å².